The number of halogens is 1. The van der Waals surface area contributed by atoms with Gasteiger partial charge in [0.15, 0.2) is 0 Å². The Bertz CT molecular complexity index is 613. The average molecular weight is 290 g/mol. The molecule has 0 unspecified atom stereocenters. The van der Waals surface area contributed by atoms with Crippen molar-refractivity contribution >= 4 is 23.2 Å². The van der Waals surface area contributed by atoms with Crippen molar-refractivity contribution in [2.24, 2.45) is 5.73 Å². The maximum Gasteiger partial charge on any atom is 0.223 e. The lowest BCUT2D eigenvalue weighted by molar-refractivity contribution is 0.627. The first-order valence-corrected chi connectivity index (χ1v) is 6.59. The molecule has 0 atom stereocenters. The third kappa shape index (κ3) is 3.96. The van der Waals surface area contributed by atoms with Crippen molar-refractivity contribution < 1.29 is 4.39 Å². The molecule has 1 heterocycles. The van der Waals surface area contributed by atoms with E-state index in [0.29, 0.717) is 18.2 Å². The minimum absolute atomic E-state index is 0.232. The van der Waals surface area contributed by atoms with E-state index in [4.69, 9.17) is 18.0 Å². The Morgan fingerprint density at radius 2 is 2.00 bits per heavy atom. The Balaban J connectivity index is 1.97. The number of nitrogens with zero attached hydrogens (tertiary/aromatic N) is 2. The summed E-state index contributed by atoms with van der Waals surface area (Å²) < 4.78 is 12.8. The summed E-state index contributed by atoms with van der Waals surface area (Å²) in [5.41, 5.74) is 7.96. The van der Waals surface area contributed by atoms with Gasteiger partial charge >= 0.3 is 0 Å². The van der Waals surface area contributed by atoms with Crippen molar-refractivity contribution in [3.05, 3.63) is 53.1 Å². The minimum atomic E-state index is -0.232. The predicted molar refractivity (Wildman–Crippen MR) is 81.3 cm³/mol. The van der Waals surface area contributed by atoms with Crippen molar-refractivity contribution in [2.45, 2.75) is 13.3 Å². The summed E-state index contributed by atoms with van der Waals surface area (Å²) in [5, 5.41) is 3.11. The monoisotopic (exact) mass is 290 g/mol. The van der Waals surface area contributed by atoms with Gasteiger partial charge in [-0.3, -0.25) is 0 Å². The molecular weight excluding hydrogens is 275 g/mol. The number of hydrogen-bond donors (Lipinski definition) is 2. The van der Waals surface area contributed by atoms with Crippen molar-refractivity contribution in [1.82, 2.24) is 9.97 Å². The van der Waals surface area contributed by atoms with Crippen LogP contribution in [0, 0.1) is 12.7 Å². The lowest BCUT2D eigenvalue weighted by Gasteiger charge is -2.07. The van der Waals surface area contributed by atoms with Crippen molar-refractivity contribution in [3.63, 3.8) is 0 Å². The van der Waals surface area contributed by atoms with E-state index >= 15 is 0 Å². The highest BCUT2D eigenvalue weighted by Crippen LogP contribution is 2.07. The number of nitrogens with one attached hydrogen (secondary N) is 1. The van der Waals surface area contributed by atoms with E-state index in [1.54, 1.807) is 18.2 Å². The van der Waals surface area contributed by atoms with Gasteiger partial charge in [-0.05, 0) is 37.1 Å². The fraction of sp³-hybridized carbons (Fsp3) is 0.214. The minimum Gasteiger partial charge on any atom is -0.388 e. The average Bonchev–Trinajstić information content (AvgIpc) is 2.40. The van der Waals surface area contributed by atoms with Crippen LogP contribution < -0.4 is 11.1 Å². The van der Waals surface area contributed by atoms with Crippen LogP contribution in [-0.2, 0) is 6.42 Å². The molecule has 0 aliphatic rings. The van der Waals surface area contributed by atoms with Crippen molar-refractivity contribution in [2.75, 3.05) is 11.9 Å². The van der Waals surface area contributed by atoms with Crippen LogP contribution in [0.4, 0.5) is 10.3 Å². The standard InChI is InChI=1S/C14H15FN4S/c1-9-8-12(13(16)20)19-14(18-9)17-7-6-10-2-4-11(15)5-3-10/h2-5,8H,6-7H2,1H3,(H2,16,20)(H,17,18,19). The smallest absolute Gasteiger partial charge is 0.223 e. The number of benzene rings is 1. The van der Waals surface area contributed by atoms with Crippen LogP contribution in [0.5, 0.6) is 0 Å². The van der Waals surface area contributed by atoms with Gasteiger partial charge in [0.05, 0.1) is 0 Å². The molecule has 0 radical (unpaired) electrons. The number of aryl methyl sites for hydroxylation is 1. The van der Waals surface area contributed by atoms with Gasteiger partial charge in [0.1, 0.15) is 16.5 Å². The first-order chi connectivity index (χ1) is 9.54. The summed E-state index contributed by atoms with van der Waals surface area (Å²) in [5.74, 6) is 0.264. The zero-order valence-corrected chi connectivity index (χ0v) is 11.9. The van der Waals surface area contributed by atoms with Crippen LogP contribution in [0.3, 0.4) is 0 Å². The number of hydrogen-bond acceptors (Lipinski definition) is 4. The molecular formula is C14H15FN4S. The zero-order chi connectivity index (χ0) is 14.5. The van der Waals surface area contributed by atoms with E-state index in [0.717, 1.165) is 17.7 Å². The summed E-state index contributed by atoms with van der Waals surface area (Å²) in [6, 6.07) is 8.16. The molecule has 3 N–H and O–H groups in total. The number of anilines is 1. The van der Waals surface area contributed by atoms with Gasteiger partial charge in [0.25, 0.3) is 0 Å². The predicted octanol–water partition coefficient (Wildman–Crippen LogP) is 2.21. The van der Waals surface area contributed by atoms with E-state index in [9.17, 15) is 4.39 Å². The topological polar surface area (TPSA) is 63.8 Å². The maximum atomic E-state index is 12.8. The summed E-state index contributed by atoms with van der Waals surface area (Å²) in [7, 11) is 0. The molecule has 1 aromatic carbocycles. The summed E-state index contributed by atoms with van der Waals surface area (Å²) in [4.78, 5) is 8.74. The van der Waals surface area contributed by atoms with Gasteiger partial charge < -0.3 is 11.1 Å². The molecule has 0 bridgehead atoms. The van der Waals surface area contributed by atoms with E-state index in [2.05, 4.69) is 15.3 Å². The van der Waals surface area contributed by atoms with Gasteiger partial charge in [-0.1, -0.05) is 24.4 Å². The molecule has 2 aromatic rings. The van der Waals surface area contributed by atoms with E-state index < -0.39 is 0 Å². The Hall–Kier alpha value is -2.08. The third-order valence-corrected chi connectivity index (χ3v) is 2.93. The Labute approximate surface area is 122 Å². The fourth-order valence-corrected chi connectivity index (χ4v) is 1.85. The number of thiocarbonyl (C=S) groups is 1. The van der Waals surface area contributed by atoms with Crippen molar-refractivity contribution in [3.8, 4) is 0 Å². The fourth-order valence-electron chi connectivity index (χ4n) is 1.74. The Morgan fingerprint density at radius 1 is 1.30 bits per heavy atom. The van der Waals surface area contributed by atoms with Gasteiger partial charge in [-0.2, -0.15) is 0 Å². The van der Waals surface area contributed by atoms with Gasteiger partial charge in [-0.25, -0.2) is 14.4 Å². The first-order valence-electron chi connectivity index (χ1n) is 6.18. The maximum absolute atomic E-state index is 12.8. The molecule has 6 heteroatoms. The van der Waals surface area contributed by atoms with Crippen molar-refractivity contribution in [1.29, 1.82) is 0 Å². The second-order valence-corrected chi connectivity index (χ2v) is 4.83. The van der Waals surface area contributed by atoms with Crippen LogP contribution >= 0.6 is 12.2 Å². The molecule has 1 aromatic heterocycles. The molecule has 0 spiro atoms. The molecule has 0 fully saturated rings. The molecule has 104 valence electrons. The van der Waals surface area contributed by atoms with Crippen LogP contribution in [0.25, 0.3) is 0 Å². The highest BCUT2D eigenvalue weighted by molar-refractivity contribution is 7.80. The normalized spacial score (nSPS) is 10.3. The first kappa shape index (κ1) is 14.3. The quantitative estimate of drug-likeness (QED) is 0.827. The third-order valence-electron chi connectivity index (χ3n) is 2.72. The van der Waals surface area contributed by atoms with Crippen LogP contribution in [0.1, 0.15) is 17.0 Å². The number of nitrogens with two attached hydrogens (primary N) is 1. The summed E-state index contributed by atoms with van der Waals surface area (Å²) in [6.07, 6.45) is 0.750. The SMILES string of the molecule is Cc1cc(C(N)=S)nc(NCCc2ccc(F)cc2)n1. The van der Waals surface area contributed by atoms with E-state index in [1.807, 2.05) is 6.92 Å². The lowest BCUT2D eigenvalue weighted by atomic mass is 10.1. The summed E-state index contributed by atoms with van der Waals surface area (Å²) >= 11 is 4.91. The molecule has 20 heavy (non-hydrogen) atoms. The molecule has 2 rings (SSSR count). The van der Waals surface area contributed by atoms with E-state index in [-0.39, 0.29) is 10.8 Å². The lowest BCUT2D eigenvalue weighted by Crippen LogP contribution is -2.15. The van der Waals surface area contributed by atoms with Crippen LogP contribution in [0.2, 0.25) is 0 Å². The van der Waals surface area contributed by atoms with E-state index in [1.165, 1.54) is 12.1 Å². The highest BCUT2D eigenvalue weighted by Gasteiger charge is 2.04. The zero-order valence-electron chi connectivity index (χ0n) is 11.1. The number of rotatable bonds is 5. The molecule has 4 nitrogen and oxygen atoms in total. The largest absolute Gasteiger partial charge is 0.388 e. The van der Waals surface area contributed by atoms with Gasteiger partial charge in [-0.15, -0.1) is 0 Å². The van der Waals surface area contributed by atoms with Gasteiger partial charge in [0.2, 0.25) is 5.95 Å². The van der Waals surface area contributed by atoms with Gasteiger partial charge in [0, 0.05) is 12.2 Å². The second kappa shape index (κ2) is 6.38. The molecule has 0 saturated carbocycles. The van der Waals surface area contributed by atoms with Crippen LogP contribution in [0.15, 0.2) is 30.3 Å². The Kier molecular flexibility index (Phi) is 4.57. The molecule has 0 aliphatic heterocycles. The second-order valence-electron chi connectivity index (χ2n) is 4.39. The Morgan fingerprint density at radius 3 is 2.65 bits per heavy atom. The van der Waals surface area contributed by atoms with Crippen LogP contribution in [-0.4, -0.2) is 21.5 Å². The molecule has 0 aliphatic carbocycles. The molecule has 0 saturated heterocycles. The number of aromatic nitrogens is 2. The summed E-state index contributed by atoms with van der Waals surface area (Å²) in [6.45, 7) is 2.50. The molecule has 0 amide bonds. The highest BCUT2D eigenvalue weighted by atomic mass is 32.1.